The van der Waals surface area contributed by atoms with Gasteiger partial charge in [-0.3, -0.25) is 9.00 Å². The Hall–Kier alpha value is -3.64. The van der Waals surface area contributed by atoms with Crippen LogP contribution in [0.5, 0.6) is 11.5 Å². The van der Waals surface area contributed by atoms with Crippen molar-refractivity contribution < 1.29 is 26.9 Å². The van der Waals surface area contributed by atoms with E-state index in [1.807, 2.05) is 0 Å². The first-order valence-corrected chi connectivity index (χ1v) is 14.0. The van der Waals surface area contributed by atoms with Gasteiger partial charge in [-0.1, -0.05) is 17.7 Å². The van der Waals surface area contributed by atoms with Crippen molar-refractivity contribution in [3.05, 3.63) is 70.5 Å². The lowest BCUT2D eigenvalue weighted by molar-refractivity contribution is -0.137. The van der Waals surface area contributed by atoms with Crippen molar-refractivity contribution in [2.75, 3.05) is 35.7 Å². The molecule has 0 fully saturated rings. The molecule has 0 bridgehead atoms. The highest BCUT2D eigenvalue weighted by Gasteiger charge is 2.30. The van der Waals surface area contributed by atoms with Gasteiger partial charge < -0.3 is 20.7 Å². The number of rotatable bonds is 9. The summed E-state index contributed by atoms with van der Waals surface area (Å²) in [5.74, 6) is 1.43. The minimum atomic E-state index is -4.49. The van der Waals surface area contributed by atoms with Crippen LogP contribution in [-0.4, -0.2) is 45.2 Å². The Kier molecular flexibility index (Phi) is 9.08. The Morgan fingerprint density at radius 2 is 2.03 bits per heavy atom. The molecule has 2 heterocycles. The van der Waals surface area contributed by atoms with E-state index in [1.54, 1.807) is 24.5 Å². The van der Waals surface area contributed by atoms with E-state index >= 15 is 0 Å². The molecule has 3 aromatic rings. The summed E-state index contributed by atoms with van der Waals surface area (Å²) in [7, 11) is -0.917. The summed E-state index contributed by atoms with van der Waals surface area (Å²) in [6, 6.07) is 9.25. The van der Waals surface area contributed by atoms with Gasteiger partial charge in [0.05, 0.1) is 16.1 Å². The fraction of sp³-hybridized carbons (Fsp3) is 0.269. The highest BCUT2D eigenvalue weighted by molar-refractivity contribution is 7.84. The lowest BCUT2D eigenvalue weighted by Gasteiger charge is -2.14. The van der Waals surface area contributed by atoms with E-state index in [4.69, 9.17) is 16.3 Å². The molecular weight excluding hydrogens is 555 g/mol. The van der Waals surface area contributed by atoms with Gasteiger partial charge in [0, 0.05) is 47.2 Å². The lowest BCUT2D eigenvalue weighted by atomic mass is 10.1. The lowest BCUT2D eigenvalue weighted by Crippen LogP contribution is -2.27. The third kappa shape index (κ3) is 7.70. The van der Waals surface area contributed by atoms with Crippen LogP contribution in [0.15, 0.2) is 54.4 Å². The molecule has 1 amide bonds. The van der Waals surface area contributed by atoms with Gasteiger partial charge in [-0.05, 0) is 55.3 Å². The topological polar surface area (TPSA) is 105 Å². The first-order chi connectivity index (χ1) is 18.6. The Morgan fingerprint density at radius 3 is 2.77 bits per heavy atom. The Labute approximate surface area is 230 Å². The van der Waals surface area contributed by atoms with Crippen LogP contribution >= 0.6 is 11.6 Å². The van der Waals surface area contributed by atoms with Gasteiger partial charge in [-0.25, -0.2) is 9.97 Å². The summed E-state index contributed by atoms with van der Waals surface area (Å²) in [5.41, 5.74) is 0.828. The van der Waals surface area contributed by atoms with E-state index in [2.05, 4.69) is 25.9 Å². The maximum atomic E-state index is 13.0. The summed E-state index contributed by atoms with van der Waals surface area (Å²) in [6.07, 6.45) is 1.31. The van der Waals surface area contributed by atoms with Gasteiger partial charge >= 0.3 is 6.18 Å². The Balaban J connectivity index is 1.51. The van der Waals surface area contributed by atoms with Gasteiger partial charge in [0.1, 0.15) is 29.5 Å². The highest BCUT2D eigenvalue weighted by atomic mass is 35.5. The van der Waals surface area contributed by atoms with Gasteiger partial charge in [0.2, 0.25) is 5.91 Å². The van der Waals surface area contributed by atoms with Gasteiger partial charge in [-0.15, -0.1) is 0 Å². The normalized spacial score (nSPS) is 13.8. The molecule has 206 valence electrons. The number of ether oxygens (including phenoxy) is 1. The van der Waals surface area contributed by atoms with Crippen molar-refractivity contribution in [1.29, 1.82) is 0 Å². The number of carbonyl (C=O) groups is 1. The van der Waals surface area contributed by atoms with Crippen molar-refractivity contribution in [3.8, 4) is 11.5 Å². The number of nitrogens with one attached hydrogen (secondary N) is 3. The number of anilines is 3. The van der Waals surface area contributed by atoms with Crippen LogP contribution in [0.4, 0.5) is 30.5 Å². The molecule has 0 radical (unpaired) electrons. The molecule has 1 aromatic heterocycles. The molecule has 1 unspecified atom stereocenters. The van der Waals surface area contributed by atoms with Crippen LogP contribution in [0.1, 0.15) is 24.0 Å². The van der Waals surface area contributed by atoms with Crippen LogP contribution in [0, 0.1) is 0 Å². The Morgan fingerprint density at radius 1 is 1.21 bits per heavy atom. The molecule has 3 N–H and O–H groups in total. The van der Waals surface area contributed by atoms with Crippen molar-refractivity contribution in [2.45, 2.75) is 19.0 Å². The maximum Gasteiger partial charge on any atom is 0.416 e. The van der Waals surface area contributed by atoms with E-state index in [9.17, 15) is 22.2 Å². The molecular formula is C26H25ClF3N5O3S. The molecule has 0 saturated heterocycles. The fourth-order valence-electron chi connectivity index (χ4n) is 3.77. The van der Waals surface area contributed by atoms with Crippen LogP contribution in [0.2, 0.25) is 5.02 Å². The Bertz CT molecular complexity index is 1420. The predicted octanol–water partition coefficient (Wildman–Crippen LogP) is 5.77. The van der Waals surface area contributed by atoms with Gasteiger partial charge in [-0.2, -0.15) is 13.2 Å². The van der Waals surface area contributed by atoms with E-state index < -0.39 is 22.5 Å². The van der Waals surface area contributed by atoms with E-state index in [0.717, 1.165) is 12.1 Å². The monoisotopic (exact) mass is 579 g/mol. The second-order valence-corrected chi connectivity index (χ2v) is 10.6. The summed E-state index contributed by atoms with van der Waals surface area (Å²) in [6.45, 7) is 0.912. The standard InChI is InChI=1S/C26H25ClF3N5O3S/c1-39(37)11-3-9-32-25(36)16-8-10-31-23-20(12-16)24(34-15-33-23)35-18-6-7-22(21(27)14-18)38-19-5-2-4-17(13-19)26(28,29)30/h2,4-7,12-15H,3,8-11H2,1H3,(H,32,36)(H2,31,33,34,35). The molecule has 0 spiro atoms. The molecule has 39 heavy (non-hydrogen) atoms. The largest absolute Gasteiger partial charge is 0.456 e. The predicted molar refractivity (Wildman–Crippen MR) is 146 cm³/mol. The van der Waals surface area contributed by atoms with Crippen molar-refractivity contribution in [1.82, 2.24) is 15.3 Å². The zero-order valence-corrected chi connectivity index (χ0v) is 22.3. The molecule has 2 aromatic carbocycles. The summed E-state index contributed by atoms with van der Waals surface area (Å²) in [4.78, 5) is 21.3. The number of aromatic nitrogens is 2. The highest BCUT2D eigenvalue weighted by Crippen LogP contribution is 2.36. The molecule has 8 nitrogen and oxygen atoms in total. The van der Waals surface area contributed by atoms with Gasteiger partial charge in [0.15, 0.2) is 0 Å². The summed E-state index contributed by atoms with van der Waals surface area (Å²) in [5, 5.41) is 9.37. The number of hydrogen-bond acceptors (Lipinski definition) is 7. The number of fused-ring (bicyclic) bond motifs is 1. The van der Waals surface area contributed by atoms with Crippen molar-refractivity contribution in [3.63, 3.8) is 0 Å². The second-order valence-electron chi connectivity index (χ2n) is 8.62. The third-order valence-electron chi connectivity index (χ3n) is 5.66. The second kappa shape index (κ2) is 12.5. The number of alkyl halides is 3. The van der Waals surface area contributed by atoms with E-state index in [0.29, 0.717) is 60.1 Å². The number of benzene rings is 2. The molecule has 1 aliphatic heterocycles. The number of amides is 1. The summed E-state index contributed by atoms with van der Waals surface area (Å²) >= 11 is 6.37. The molecule has 1 atom stereocenters. The maximum absolute atomic E-state index is 13.0. The number of halogens is 4. The summed E-state index contributed by atoms with van der Waals surface area (Å²) < 4.78 is 55.9. The molecule has 0 saturated carbocycles. The molecule has 4 rings (SSSR count). The van der Waals surface area contributed by atoms with E-state index in [-0.39, 0.29) is 22.4 Å². The zero-order valence-electron chi connectivity index (χ0n) is 20.8. The fourth-order valence-corrected chi connectivity index (χ4v) is 4.54. The minimum Gasteiger partial charge on any atom is -0.456 e. The van der Waals surface area contributed by atoms with E-state index in [1.165, 1.54) is 24.5 Å². The molecule has 0 aliphatic carbocycles. The van der Waals surface area contributed by atoms with Crippen LogP contribution in [0.3, 0.4) is 0 Å². The van der Waals surface area contributed by atoms with Crippen molar-refractivity contribution >= 4 is 51.7 Å². The molecule has 13 heteroatoms. The third-order valence-corrected chi connectivity index (χ3v) is 6.82. The first kappa shape index (κ1) is 28.4. The first-order valence-electron chi connectivity index (χ1n) is 11.9. The minimum absolute atomic E-state index is 0.00136. The van der Waals surface area contributed by atoms with Crippen molar-refractivity contribution in [2.24, 2.45) is 0 Å². The molecule has 1 aliphatic rings. The van der Waals surface area contributed by atoms with Crippen LogP contribution in [0.25, 0.3) is 6.08 Å². The SMILES string of the molecule is CS(=O)CCCNC(=O)C1=Cc2c(ncnc2Nc2ccc(Oc3cccc(C(F)(F)F)c3)c(Cl)c2)NCC1. The number of nitrogens with zero attached hydrogens (tertiary/aromatic N) is 2. The quantitative estimate of drug-likeness (QED) is 0.276. The zero-order chi connectivity index (χ0) is 28.0. The average molecular weight is 580 g/mol. The average Bonchev–Trinajstić information content (AvgIpc) is 3.11. The van der Waals surface area contributed by atoms with Crippen LogP contribution < -0.4 is 20.7 Å². The smallest absolute Gasteiger partial charge is 0.416 e. The van der Waals surface area contributed by atoms with Gasteiger partial charge in [0.25, 0.3) is 0 Å². The number of hydrogen-bond donors (Lipinski definition) is 3. The van der Waals surface area contributed by atoms with Crippen LogP contribution in [-0.2, 0) is 21.8 Å². The number of carbonyl (C=O) groups excluding carboxylic acids is 1.